The van der Waals surface area contributed by atoms with E-state index in [0.29, 0.717) is 15.8 Å². The molecule has 7 heteroatoms. The zero-order valence-corrected chi connectivity index (χ0v) is 13.0. The third kappa shape index (κ3) is 3.35. The molecule has 1 saturated heterocycles. The molecule has 0 spiro atoms. The van der Waals surface area contributed by atoms with Gasteiger partial charge in [0.1, 0.15) is 0 Å². The second-order valence-corrected chi connectivity index (χ2v) is 5.91. The van der Waals surface area contributed by atoms with E-state index in [1.165, 1.54) is 23.9 Å². The lowest BCUT2D eigenvalue weighted by molar-refractivity contribution is -0.115. The molecule has 2 aromatic rings. The quantitative estimate of drug-likeness (QED) is 0.849. The summed E-state index contributed by atoms with van der Waals surface area (Å²) < 4.78 is 1.91. The average molecular weight is 327 g/mol. The number of thioether (sulfide) groups is 1. The Bertz CT molecular complexity index is 852. The molecule has 0 unspecified atom stereocenters. The lowest BCUT2D eigenvalue weighted by Gasteiger charge is -1.98. The van der Waals surface area contributed by atoms with Gasteiger partial charge in [0, 0.05) is 18.9 Å². The molecule has 1 aromatic heterocycles. The minimum absolute atomic E-state index is 0.153. The number of carbonyl (C=O) groups is 2. The third-order valence-electron chi connectivity index (χ3n) is 3.24. The summed E-state index contributed by atoms with van der Waals surface area (Å²) in [5, 5.41) is 12.1. The first kappa shape index (κ1) is 15.1. The molecule has 23 heavy (non-hydrogen) atoms. The maximum Gasteiger partial charge on any atom is 0.335 e. The van der Waals surface area contributed by atoms with Crippen LogP contribution in [-0.2, 0) is 11.8 Å². The van der Waals surface area contributed by atoms with Crippen LogP contribution in [-0.4, -0.2) is 26.7 Å². The summed E-state index contributed by atoms with van der Waals surface area (Å²) >= 11 is 1.22. The maximum atomic E-state index is 12.0. The standard InChI is InChI=1S/C16H13N3O3S/c1-19-7-3-6-12(19)9-13-14(20)18-16(23-13)17-11-5-2-4-10(8-11)15(21)22/h2-9H,1H3,(H,21,22)(H,17,18,20)/b13-9+. The fraction of sp³-hybridized carbons (Fsp3) is 0.0625. The second-order valence-electron chi connectivity index (χ2n) is 4.88. The first-order chi connectivity index (χ1) is 11.0. The summed E-state index contributed by atoms with van der Waals surface area (Å²) in [5.41, 5.74) is 1.55. The fourth-order valence-corrected chi connectivity index (χ4v) is 2.89. The average Bonchev–Trinajstić information content (AvgIpc) is 3.06. The Morgan fingerprint density at radius 2 is 2.17 bits per heavy atom. The highest BCUT2D eigenvalue weighted by atomic mass is 32.2. The highest BCUT2D eigenvalue weighted by molar-refractivity contribution is 8.18. The highest BCUT2D eigenvalue weighted by Gasteiger charge is 2.24. The number of benzene rings is 1. The lowest BCUT2D eigenvalue weighted by Crippen LogP contribution is -2.19. The van der Waals surface area contributed by atoms with Gasteiger partial charge in [-0.05, 0) is 48.2 Å². The fourth-order valence-electron chi connectivity index (χ4n) is 2.06. The summed E-state index contributed by atoms with van der Waals surface area (Å²) in [6, 6.07) is 10.1. The summed E-state index contributed by atoms with van der Waals surface area (Å²) in [7, 11) is 1.90. The topological polar surface area (TPSA) is 83.7 Å². The molecule has 0 aliphatic carbocycles. The number of hydrogen-bond acceptors (Lipinski definition) is 4. The van der Waals surface area contributed by atoms with Crippen molar-refractivity contribution in [1.29, 1.82) is 0 Å². The summed E-state index contributed by atoms with van der Waals surface area (Å²) in [4.78, 5) is 27.8. The van der Waals surface area contributed by atoms with Gasteiger partial charge in [-0.1, -0.05) is 6.07 Å². The minimum atomic E-state index is -1.01. The van der Waals surface area contributed by atoms with Crippen molar-refractivity contribution < 1.29 is 14.7 Å². The summed E-state index contributed by atoms with van der Waals surface area (Å²) in [5.74, 6) is -1.23. The first-order valence-corrected chi connectivity index (χ1v) is 7.59. The van der Waals surface area contributed by atoms with Crippen LogP contribution in [0.4, 0.5) is 5.69 Å². The number of aromatic nitrogens is 1. The smallest absolute Gasteiger partial charge is 0.335 e. The van der Waals surface area contributed by atoms with Crippen LogP contribution in [0.25, 0.3) is 6.08 Å². The van der Waals surface area contributed by atoms with Crippen LogP contribution in [0.2, 0.25) is 0 Å². The van der Waals surface area contributed by atoms with Gasteiger partial charge in [-0.25, -0.2) is 9.79 Å². The van der Waals surface area contributed by atoms with E-state index in [4.69, 9.17) is 5.11 Å². The molecular formula is C16H13N3O3S. The Balaban J connectivity index is 1.85. The normalized spacial score (nSPS) is 17.7. The van der Waals surface area contributed by atoms with Crippen LogP contribution in [0.3, 0.4) is 0 Å². The lowest BCUT2D eigenvalue weighted by atomic mass is 10.2. The van der Waals surface area contributed by atoms with Crippen molar-refractivity contribution in [1.82, 2.24) is 9.88 Å². The molecule has 0 saturated carbocycles. The molecule has 2 heterocycles. The molecule has 116 valence electrons. The van der Waals surface area contributed by atoms with Gasteiger partial charge in [0.05, 0.1) is 16.2 Å². The molecule has 1 aliphatic rings. The van der Waals surface area contributed by atoms with Gasteiger partial charge in [0.25, 0.3) is 5.91 Å². The number of hydrogen-bond donors (Lipinski definition) is 2. The molecular weight excluding hydrogens is 314 g/mol. The van der Waals surface area contributed by atoms with Gasteiger partial charge < -0.3 is 15.0 Å². The van der Waals surface area contributed by atoms with Crippen molar-refractivity contribution in [3.8, 4) is 0 Å². The number of carboxylic acids is 1. The van der Waals surface area contributed by atoms with Gasteiger partial charge in [-0.3, -0.25) is 4.79 Å². The summed E-state index contributed by atoms with van der Waals surface area (Å²) in [6.07, 6.45) is 3.69. The van der Waals surface area contributed by atoms with E-state index < -0.39 is 5.97 Å². The molecule has 6 nitrogen and oxygen atoms in total. The number of amidine groups is 1. The number of carboxylic acid groups (broad SMARTS) is 1. The van der Waals surface area contributed by atoms with E-state index in [9.17, 15) is 9.59 Å². The molecule has 0 atom stereocenters. The van der Waals surface area contributed by atoms with E-state index in [2.05, 4.69) is 10.3 Å². The number of aromatic carboxylic acids is 1. The number of carbonyl (C=O) groups excluding carboxylic acids is 1. The largest absolute Gasteiger partial charge is 0.478 e. The third-order valence-corrected chi connectivity index (χ3v) is 4.15. The van der Waals surface area contributed by atoms with Crippen molar-refractivity contribution >= 4 is 40.6 Å². The monoisotopic (exact) mass is 327 g/mol. The highest BCUT2D eigenvalue weighted by Crippen LogP contribution is 2.28. The number of amides is 1. The Morgan fingerprint density at radius 1 is 1.35 bits per heavy atom. The predicted molar refractivity (Wildman–Crippen MR) is 89.6 cm³/mol. The van der Waals surface area contributed by atoms with Gasteiger partial charge >= 0.3 is 5.97 Å². The van der Waals surface area contributed by atoms with E-state index in [-0.39, 0.29) is 11.5 Å². The Morgan fingerprint density at radius 3 is 2.87 bits per heavy atom. The minimum Gasteiger partial charge on any atom is -0.478 e. The molecule has 2 N–H and O–H groups in total. The molecule has 1 amide bonds. The van der Waals surface area contributed by atoms with Crippen LogP contribution in [0.15, 0.2) is 52.5 Å². The second kappa shape index (κ2) is 6.13. The van der Waals surface area contributed by atoms with Crippen molar-refractivity contribution in [3.05, 3.63) is 58.8 Å². The van der Waals surface area contributed by atoms with Crippen LogP contribution >= 0.6 is 11.8 Å². The van der Waals surface area contributed by atoms with E-state index in [0.717, 1.165) is 5.69 Å². The number of aliphatic imine (C=N–C) groups is 1. The maximum absolute atomic E-state index is 12.0. The van der Waals surface area contributed by atoms with E-state index in [1.54, 1.807) is 18.2 Å². The van der Waals surface area contributed by atoms with E-state index >= 15 is 0 Å². The van der Waals surface area contributed by atoms with Crippen molar-refractivity contribution in [3.63, 3.8) is 0 Å². The van der Waals surface area contributed by atoms with Gasteiger partial charge in [-0.15, -0.1) is 0 Å². The van der Waals surface area contributed by atoms with Gasteiger partial charge in [-0.2, -0.15) is 0 Å². The van der Waals surface area contributed by atoms with Crippen LogP contribution in [0.1, 0.15) is 16.1 Å². The Hall–Kier alpha value is -2.80. The predicted octanol–water partition coefficient (Wildman–Crippen LogP) is 2.61. The molecule has 3 rings (SSSR count). The molecule has 1 aromatic carbocycles. The van der Waals surface area contributed by atoms with Crippen molar-refractivity contribution in [2.75, 3.05) is 0 Å². The molecule has 1 aliphatic heterocycles. The zero-order valence-electron chi connectivity index (χ0n) is 12.2. The summed E-state index contributed by atoms with van der Waals surface area (Å²) in [6.45, 7) is 0. The van der Waals surface area contributed by atoms with E-state index in [1.807, 2.05) is 29.9 Å². The van der Waals surface area contributed by atoms with Crippen LogP contribution in [0, 0.1) is 0 Å². The number of aryl methyl sites for hydroxylation is 1. The Kier molecular flexibility index (Phi) is 4.03. The first-order valence-electron chi connectivity index (χ1n) is 6.77. The number of rotatable bonds is 3. The van der Waals surface area contributed by atoms with Crippen molar-refractivity contribution in [2.45, 2.75) is 0 Å². The van der Waals surface area contributed by atoms with Gasteiger partial charge in [0.15, 0.2) is 5.17 Å². The number of nitrogens with zero attached hydrogens (tertiary/aromatic N) is 2. The number of nitrogens with one attached hydrogen (secondary N) is 1. The van der Waals surface area contributed by atoms with Crippen LogP contribution < -0.4 is 5.32 Å². The Labute approximate surface area is 136 Å². The molecule has 1 fully saturated rings. The van der Waals surface area contributed by atoms with Gasteiger partial charge in [0.2, 0.25) is 0 Å². The van der Waals surface area contributed by atoms with Crippen molar-refractivity contribution in [2.24, 2.45) is 12.0 Å². The zero-order chi connectivity index (χ0) is 16.4. The molecule has 0 bridgehead atoms. The SMILES string of the molecule is Cn1cccc1/C=C1/SC(=Nc2cccc(C(=O)O)c2)NC1=O. The van der Waals surface area contributed by atoms with Crippen LogP contribution in [0.5, 0.6) is 0 Å². The molecule has 0 radical (unpaired) electrons.